The molecule has 5 heteroatoms. The van der Waals surface area contributed by atoms with Gasteiger partial charge in [0.1, 0.15) is 5.75 Å². The Morgan fingerprint density at radius 1 is 1.37 bits per heavy atom. The molecule has 1 rings (SSSR count). The summed E-state index contributed by atoms with van der Waals surface area (Å²) in [5.41, 5.74) is 1.55. The van der Waals surface area contributed by atoms with Crippen molar-refractivity contribution in [3.05, 3.63) is 35.9 Å². The molecule has 1 aromatic carbocycles. The van der Waals surface area contributed by atoms with Gasteiger partial charge in [-0.15, -0.1) is 0 Å². The molecule has 5 nitrogen and oxygen atoms in total. The van der Waals surface area contributed by atoms with Gasteiger partial charge in [-0.3, -0.25) is 4.79 Å². The maximum absolute atomic E-state index is 11.5. The van der Waals surface area contributed by atoms with Crippen LogP contribution >= 0.6 is 0 Å². The molecule has 19 heavy (non-hydrogen) atoms. The van der Waals surface area contributed by atoms with Gasteiger partial charge in [0.25, 0.3) is 0 Å². The van der Waals surface area contributed by atoms with Crippen LogP contribution in [-0.2, 0) is 9.59 Å². The van der Waals surface area contributed by atoms with Gasteiger partial charge >= 0.3 is 5.97 Å². The van der Waals surface area contributed by atoms with Crippen molar-refractivity contribution >= 4 is 17.6 Å². The number of carbonyl (C=O) groups excluding carboxylic acids is 1. The predicted molar refractivity (Wildman–Crippen MR) is 72.4 cm³/mol. The van der Waals surface area contributed by atoms with E-state index in [4.69, 9.17) is 9.84 Å². The number of rotatable bonds is 6. The Balaban J connectivity index is 2.81. The van der Waals surface area contributed by atoms with Gasteiger partial charge in [-0.2, -0.15) is 0 Å². The molecule has 0 aliphatic rings. The van der Waals surface area contributed by atoms with Crippen LogP contribution in [0, 0.1) is 6.92 Å². The maximum atomic E-state index is 11.5. The zero-order valence-corrected chi connectivity index (χ0v) is 11.0. The van der Waals surface area contributed by atoms with Crippen molar-refractivity contribution in [3.8, 4) is 5.75 Å². The smallest absolute Gasteiger partial charge is 0.328 e. The van der Waals surface area contributed by atoms with Crippen LogP contribution in [0.1, 0.15) is 18.9 Å². The Labute approximate surface area is 111 Å². The first-order valence-corrected chi connectivity index (χ1v) is 5.98. The van der Waals surface area contributed by atoms with Crippen LogP contribution in [0.5, 0.6) is 5.75 Å². The highest BCUT2D eigenvalue weighted by atomic mass is 16.5. The summed E-state index contributed by atoms with van der Waals surface area (Å²) in [5.74, 6) is -1.09. The van der Waals surface area contributed by atoms with E-state index < -0.39 is 11.9 Å². The number of anilines is 1. The van der Waals surface area contributed by atoms with Crippen molar-refractivity contribution in [2.75, 3.05) is 11.9 Å². The zero-order chi connectivity index (χ0) is 14.3. The first kappa shape index (κ1) is 14.8. The van der Waals surface area contributed by atoms with Crippen molar-refractivity contribution < 1.29 is 19.4 Å². The van der Waals surface area contributed by atoms with Gasteiger partial charge in [-0.1, -0.05) is 13.0 Å². The molecule has 0 aliphatic heterocycles. The molecule has 0 bridgehead atoms. The fourth-order valence-electron chi connectivity index (χ4n) is 1.39. The van der Waals surface area contributed by atoms with Crippen LogP contribution in [0.25, 0.3) is 0 Å². The minimum atomic E-state index is -1.17. The molecule has 2 N–H and O–H groups in total. The minimum absolute atomic E-state index is 0.507. The second-order valence-corrected chi connectivity index (χ2v) is 4.01. The molecule has 0 radical (unpaired) electrons. The standard InChI is InChI=1S/C14H17NO4/c1-3-8-19-12-9-10(2)4-5-11(12)15-13(16)6-7-14(17)18/h4-7,9H,3,8H2,1-2H3,(H,15,16)(H,17,18)/b7-6+. The van der Waals surface area contributed by atoms with Crippen LogP contribution in [0.15, 0.2) is 30.4 Å². The second kappa shape index (κ2) is 7.20. The number of ether oxygens (including phenoxy) is 1. The van der Waals surface area contributed by atoms with Crippen molar-refractivity contribution in [1.29, 1.82) is 0 Å². The lowest BCUT2D eigenvalue weighted by Gasteiger charge is -2.12. The van der Waals surface area contributed by atoms with Crippen molar-refractivity contribution in [2.24, 2.45) is 0 Å². The molecule has 0 aromatic heterocycles. The number of carboxylic acid groups (broad SMARTS) is 1. The molecule has 0 aliphatic carbocycles. The molecule has 0 fully saturated rings. The molecule has 0 unspecified atom stereocenters. The van der Waals surface area contributed by atoms with Gasteiger partial charge in [-0.05, 0) is 31.0 Å². The number of aliphatic carboxylic acids is 1. The Morgan fingerprint density at radius 2 is 2.11 bits per heavy atom. The highest BCUT2D eigenvalue weighted by Gasteiger charge is 2.06. The van der Waals surface area contributed by atoms with Crippen LogP contribution in [0.4, 0.5) is 5.69 Å². The van der Waals surface area contributed by atoms with Gasteiger partial charge in [0, 0.05) is 12.2 Å². The van der Waals surface area contributed by atoms with Crippen molar-refractivity contribution in [1.82, 2.24) is 0 Å². The van der Waals surface area contributed by atoms with E-state index in [9.17, 15) is 9.59 Å². The van der Waals surface area contributed by atoms with E-state index in [0.29, 0.717) is 18.0 Å². The van der Waals surface area contributed by atoms with Gasteiger partial charge < -0.3 is 15.2 Å². The SMILES string of the molecule is CCCOc1cc(C)ccc1NC(=O)/C=C/C(=O)O. The van der Waals surface area contributed by atoms with Crippen LogP contribution in [0.2, 0.25) is 0 Å². The summed E-state index contributed by atoms with van der Waals surface area (Å²) in [4.78, 5) is 21.8. The van der Waals surface area contributed by atoms with E-state index in [2.05, 4.69) is 5.32 Å². The van der Waals surface area contributed by atoms with E-state index in [0.717, 1.165) is 24.1 Å². The largest absolute Gasteiger partial charge is 0.491 e. The molecule has 1 aromatic rings. The number of nitrogens with one attached hydrogen (secondary N) is 1. The number of carboxylic acids is 1. The summed E-state index contributed by atoms with van der Waals surface area (Å²) in [6.45, 7) is 4.47. The lowest BCUT2D eigenvalue weighted by Crippen LogP contribution is -2.10. The van der Waals surface area contributed by atoms with Crippen molar-refractivity contribution in [2.45, 2.75) is 20.3 Å². The fourth-order valence-corrected chi connectivity index (χ4v) is 1.39. The van der Waals surface area contributed by atoms with Gasteiger partial charge in [0.15, 0.2) is 0 Å². The predicted octanol–water partition coefficient (Wildman–Crippen LogP) is 2.36. The highest BCUT2D eigenvalue weighted by Crippen LogP contribution is 2.25. The molecule has 0 heterocycles. The van der Waals surface area contributed by atoms with E-state index in [-0.39, 0.29) is 0 Å². The Bertz CT molecular complexity index is 494. The van der Waals surface area contributed by atoms with Crippen LogP contribution in [-0.4, -0.2) is 23.6 Å². The first-order valence-electron chi connectivity index (χ1n) is 5.98. The summed E-state index contributed by atoms with van der Waals surface area (Å²) < 4.78 is 5.54. The lowest BCUT2D eigenvalue weighted by atomic mass is 10.2. The van der Waals surface area contributed by atoms with E-state index in [1.807, 2.05) is 26.0 Å². The molecular weight excluding hydrogens is 246 g/mol. The number of carbonyl (C=O) groups is 2. The fraction of sp³-hybridized carbons (Fsp3) is 0.286. The van der Waals surface area contributed by atoms with E-state index in [1.165, 1.54) is 0 Å². The summed E-state index contributed by atoms with van der Waals surface area (Å²) in [6.07, 6.45) is 2.61. The number of aryl methyl sites for hydroxylation is 1. The average molecular weight is 263 g/mol. The molecule has 1 amide bonds. The molecular formula is C14H17NO4. The van der Waals surface area contributed by atoms with E-state index in [1.54, 1.807) is 6.07 Å². The first-order chi connectivity index (χ1) is 9.02. The Kier molecular flexibility index (Phi) is 5.60. The van der Waals surface area contributed by atoms with Gasteiger partial charge in [0.2, 0.25) is 5.91 Å². The third-order valence-electron chi connectivity index (χ3n) is 2.23. The molecule has 0 atom stereocenters. The molecule has 0 saturated heterocycles. The second-order valence-electron chi connectivity index (χ2n) is 4.01. The number of benzene rings is 1. The van der Waals surface area contributed by atoms with Crippen LogP contribution in [0.3, 0.4) is 0 Å². The number of hydrogen-bond donors (Lipinski definition) is 2. The summed E-state index contributed by atoms with van der Waals surface area (Å²) in [7, 11) is 0. The maximum Gasteiger partial charge on any atom is 0.328 e. The minimum Gasteiger partial charge on any atom is -0.491 e. The van der Waals surface area contributed by atoms with Gasteiger partial charge in [0.05, 0.1) is 12.3 Å². The Morgan fingerprint density at radius 3 is 2.74 bits per heavy atom. The topological polar surface area (TPSA) is 75.6 Å². The van der Waals surface area contributed by atoms with Gasteiger partial charge in [-0.25, -0.2) is 4.79 Å². The monoisotopic (exact) mass is 263 g/mol. The zero-order valence-electron chi connectivity index (χ0n) is 11.0. The van der Waals surface area contributed by atoms with Crippen LogP contribution < -0.4 is 10.1 Å². The normalized spacial score (nSPS) is 10.4. The third kappa shape index (κ3) is 5.25. The lowest BCUT2D eigenvalue weighted by molar-refractivity contribution is -0.131. The van der Waals surface area contributed by atoms with Crippen molar-refractivity contribution in [3.63, 3.8) is 0 Å². The number of amides is 1. The summed E-state index contributed by atoms with van der Waals surface area (Å²) in [5, 5.41) is 11.0. The van der Waals surface area contributed by atoms with E-state index >= 15 is 0 Å². The molecule has 102 valence electrons. The average Bonchev–Trinajstić information content (AvgIpc) is 2.36. The third-order valence-corrected chi connectivity index (χ3v) is 2.23. The quantitative estimate of drug-likeness (QED) is 0.772. The Hall–Kier alpha value is -2.30. The summed E-state index contributed by atoms with van der Waals surface area (Å²) in [6, 6.07) is 5.40. The molecule has 0 saturated carbocycles. The summed E-state index contributed by atoms with van der Waals surface area (Å²) >= 11 is 0. The number of hydrogen-bond acceptors (Lipinski definition) is 3. The molecule has 0 spiro atoms. The highest BCUT2D eigenvalue weighted by molar-refractivity contribution is 6.03.